The third-order valence-electron chi connectivity index (χ3n) is 3.02. The quantitative estimate of drug-likeness (QED) is 0.625. The Labute approximate surface area is 119 Å². The molecule has 0 aliphatic carbocycles. The molecule has 0 spiro atoms. The number of nitrogens with zero attached hydrogens (tertiary/aromatic N) is 1. The molecule has 1 fully saturated rings. The number of hydrogen-bond donors (Lipinski definition) is 3. The van der Waals surface area contributed by atoms with Gasteiger partial charge in [0, 0.05) is 12.3 Å². The summed E-state index contributed by atoms with van der Waals surface area (Å²) in [5.41, 5.74) is 4.29. The van der Waals surface area contributed by atoms with Crippen molar-refractivity contribution in [1.82, 2.24) is 4.90 Å². The van der Waals surface area contributed by atoms with Crippen LogP contribution in [0.4, 0.5) is 0 Å². The summed E-state index contributed by atoms with van der Waals surface area (Å²) < 4.78 is 0.600. The van der Waals surface area contributed by atoms with E-state index in [2.05, 4.69) is 0 Å². The largest absolute Gasteiger partial charge is 0.477 e. The maximum absolute atomic E-state index is 12.0. The molecule has 19 heavy (non-hydrogen) atoms. The highest BCUT2D eigenvalue weighted by Crippen LogP contribution is 2.55. The van der Waals surface area contributed by atoms with Crippen molar-refractivity contribution in [2.45, 2.75) is 24.8 Å². The number of carboxylic acid groups (broad SMARTS) is 1. The molecule has 0 aromatic rings. The van der Waals surface area contributed by atoms with Crippen molar-refractivity contribution in [3.05, 3.63) is 9.93 Å². The molecular formula is C11H16N2O4S2. The maximum atomic E-state index is 12.0. The van der Waals surface area contributed by atoms with Crippen molar-refractivity contribution < 1.29 is 19.8 Å². The van der Waals surface area contributed by atoms with E-state index in [1.54, 1.807) is 13.8 Å². The van der Waals surface area contributed by atoms with E-state index in [0.717, 1.165) is 0 Å². The van der Waals surface area contributed by atoms with Crippen molar-refractivity contribution in [3.8, 4) is 0 Å². The molecule has 1 saturated heterocycles. The molecule has 8 heteroatoms. The van der Waals surface area contributed by atoms with E-state index in [9.17, 15) is 19.8 Å². The molecule has 0 aromatic heterocycles. The van der Waals surface area contributed by atoms with Crippen LogP contribution in [0.3, 0.4) is 0 Å². The first kappa shape index (κ1) is 14.7. The smallest absolute Gasteiger partial charge is 0.354 e. The lowest BCUT2D eigenvalue weighted by molar-refractivity contribution is -0.163. The van der Waals surface area contributed by atoms with Crippen LogP contribution < -0.4 is 5.73 Å². The SMILES string of the molecule is CC(C)(O)C1C(=O)N2C(C(=O)O)=C(SCCN)S[C@@H]12. The fraction of sp³-hybridized carbons (Fsp3) is 0.636. The van der Waals surface area contributed by atoms with Gasteiger partial charge in [-0.2, -0.15) is 0 Å². The normalized spacial score (nSPS) is 26.5. The molecule has 2 atom stereocenters. The Bertz CT molecular complexity index is 458. The van der Waals surface area contributed by atoms with E-state index in [1.165, 1.54) is 28.4 Å². The van der Waals surface area contributed by atoms with E-state index in [-0.39, 0.29) is 17.0 Å². The third-order valence-corrected chi connectivity index (χ3v) is 5.69. The van der Waals surface area contributed by atoms with Gasteiger partial charge in [-0.25, -0.2) is 4.79 Å². The summed E-state index contributed by atoms with van der Waals surface area (Å²) in [6, 6.07) is 0. The zero-order valence-electron chi connectivity index (χ0n) is 10.6. The second kappa shape index (κ2) is 5.01. The minimum absolute atomic E-state index is 0.0268. The fourth-order valence-electron chi connectivity index (χ4n) is 2.18. The summed E-state index contributed by atoms with van der Waals surface area (Å²) in [6.45, 7) is 3.58. The lowest BCUT2D eigenvalue weighted by atomic mass is 9.83. The molecule has 2 rings (SSSR count). The first-order chi connectivity index (χ1) is 8.79. The summed E-state index contributed by atoms with van der Waals surface area (Å²) in [5, 5.41) is 18.9. The van der Waals surface area contributed by atoms with Crippen LogP contribution in [-0.2, 0) is 9.59 Å². The van der Waals surface area contributed by atoms with Gasteiger partial charge in [-0.15, -0.1) is 11.8 Å². The molecule has 0 aromatic carbocycles. The number of aliphatic carboxylic acids is 1. The predicted molar refractivity (Wildman–Crippen MR) is 74.2 cm³/mol. The number of aliphatic hydroxyl groups is 1. The van der Waals surface area contributed by atoms with Gasteiger partial charge in [-0.1, -0.05) is 11.8 Å². The molecule has 1 amide bonds. The highest BCUT2D eigenvalue weighted by molar-refractivity contribution is 8.22. The molecule has 0 radical (unpaired) electrons. The number of carbonyl (C=O) groups excluding carboxylic acids is 1. The van der Waals surface area contributed by atoms with Crippen molar-refractivity contribution >= 4 is 35.4 Å². The third kappa shape index (κ3) is 2.37. The topological polar surface area (TPSA) is 104 Å². The molecule has 0 saturated carbocycles. The average molecular weight is 304 g/mol. The molecule has 0 bridgehead atoms. The monoisotopic (exact) mass is 304 g/mol. The van der Waals surface area contributed by atoms with Crippen LogP contribution >= 0.6 is 23.5 Å². The first-order valence-corrected chi connectivity index (χ1v) is 7.68. The van der Waals surface area contributed by atoms with E-state index >= 15 is 0 Å². The molecule has 2 aliphatic heterocycles. The molecule has 4 N–H and O–H groups in total. The molecule has 6 nitrogen and oxygen atoms in total. The number of thioether (sulfide) groups is 2. The van der Waals surface area contributed by atoms with Gasteiger partial charge in [0.05, 0.1) is 15.8 Å². The highest BCUT2D eigenvalue weighted by Gasteiger charge is 2.60. The number of rotatable bonds is 5. The summed E-state index contributed by atoms with van der Waals surface area (Å²) >= 11 is 2.67. The van der Waals surface area contributed by atoms with Crippen LogP contribution in [0.2, 0.25) is 0 Å². The van der Waals surface area contributed by atoms with Crippen molar-refractivity contribution in [3.63, 3.8) is 0 Å². The van der Waals surface area contributed by atoms with E-state index in [0.29, 0.717) is 16.5 Å². The minimum atomic E-state index is -1.15. The fourth-order valence-corrected chi connectivity index (χ4v) is 5.04. The predicted octanol–water partition coefficient (Wildman–Crippen LogP) is 0.234. The number of nitrogens with two attached hydrogens (primary N) is 1. The van der Waals surface area contributed by atoms with Crippen LogP contribution in [0.1, 0.15) is 13.8 Å². The van der Waals surface area contributed by atoms with Crippen LogP contribution in [0.15, 0.2) is 9.93 Å². The van der Waals surface area contributed by atoms with Gasteiger partial charge in [-0.3, -0.25) is 9.69 Å². The molecule has 2 heterocycles. The lowest BCUT2D eigenvalue weighted by Gasteiger charge is -2.47. The lowest BCUT2D eigenvalue weighted by Crippen LogP contribution is -2.64. The zero-order valence-corrected chi connectivity index (χ0v) is 12.3. The number of hydrogen-bond acceptors (Lipinski definition) is 6. The van der Waals surface area contributed by atoms with Gasteiger partial charge in [-0.05, 0) is 13.8 Å². The van der Waals surface area contributed by atoms with Crippen LogP contribution in [-0.4, -0.2) is 50.3 Å². The average Bonchev–Trinajstić information content (AvgIpc) is 2.58. The second-order valence-electron chi connectivity index (χ2n) is 4.93. The standard InChI is InChI=1S/C11H16N2O4S2/c1-11(2,17)5-7(14)13-6(9(15)16)10(18-4-3-12)19-8(5)13/h5,8,17H,3-4,12H2,1-2H3,(H,15,16)/t5?,8-/m0/s1. The number of fused-ring (bicyclic) bond motifs is 1. The number of carbonyl (C=O) groups is 2. The summed E-state index contributed by atoms with van der Waals surface area (Å²) in [6.07, 6.45) is 0. The number of amides is 1. The zero-order chi connectivity index (χ0) is 14.4. The van der Waals surface area contributed by atoms with Crippen LogP contribution in [0.5, 0.6) is 0 Å². The van der Waals surface area contributed by atoms with Gasteiger partial charge in [0.15, 0.2) is 5.70 Å². The first-order valence-electron chi connectivity index (χ1n) is 5.81. The Morgan fingerprint density at radius 3 is 2.68 bits per heavy atom. The van der Waals surface area contributed by atoms with E-state index in [1.807, 2.05) is 0 Å². The molecule has 1 unspecified atom stereocenters. The van der Waals surface area contributed by atoms with Crippen molar-refractivity contribution in [2.75, 3.05) is 12.3 Å². The Hall–Kier alpha value is -0.700. The number of carboxylic acids is 1. The second-order valence-corrected chi connectivity index (χ2v) is 7.42. The summed E-state index contributed by atoms with van der Waals surface area (Å²) in [5.74, 6) is -1.41. The summed E-state index contributed by atoms with van der Waals surface area (Å²) in [4.78, 5) is 24.6. The van der Waals surface area contributed by atoms with Gasteiger partial charge < -0.3 is 15.9 Å². The van der Waals surface area contributed by atoms with Crippen LogP contribution in [0.25, 0.3) is 0 Å². The molecule has 2 aliphatic rings. The maximum Gasteiger partial charge on any atom is 0.354 e. The van der Waals surface area contributed by atoms with E-state index < -0.39 is 17.5 Å². The number of β-lactam (4-membered cyclic amide) rings is 1. The Kier molecular flexibility index (Phi) is 3.87. The Morgan fingerprint density at radius 2 is 2.21 bits per heavy atom. The summed E-state index contributed by atoms with van der Waals surface area (Å²) in [7, 11) is 0. The van der Waals surface area contributed by atoms with Gasteiger partial charge >= 0.3 is 5.97 Å². The molecular weight excluding hydrogens is 288 g/mol. The van der Waals surface area contributed by atoms with Crippen molar-refractivity contribution in [1.29, 1.82) is 0 Å². The van der Waals surface area contributed by atoms with E-state index in [4.69, 9.17) is 5.73 Å². The Balaban J connectivity index is 2.24. The van der Waals surface area contributed by atoms with Crippen LogP contribution in [0, 0.1) is 5.92 Å². The van der Waals surface area contributed by atoms with Gasteiger partial charge in [0.2, 0.25) is 5.91 Å². The van der Waals surface area contributed by atoms with Crippen molar-refractivity contribution in [2.24, 2.45) is 11.7 Å². The highest BCUT2D eigenvalue weighted by atomic mass is 32.2. The molecule has 106 valence electrons. The van der Waals surface area contributed by atoms with Gasteiger partial charge in [0.25, 0.3) is 0 Å². The minimum Gasteiger partial charge on any atom is -0.477 e. The van der Waals surface area contributed by atoms with Gasteiger partial charge in [0.1, 0.15) is 5.37 Å². The Morgan fingerprint density at radius 1 is 1.58 bits per heavy atom.